The molecule has 31 heavy (non-hydrogen) atoms. The largest absolute Gasteiger partial charge is 0.394 e. The lowest BCUT2D eigenvalue weighted by atomic mass is 9.98. The highest BCUT2D eigenvalue weighted by atomic mass is 35.5. The molecule has 9 nitrogen and oxygen atoms in total. The molecular formula is C20H30ClN3O6S. The predicted octanol–water partition coefficient (Wildman–Crippen LogP) is 0.365. The summed E-state index contributed by atoms with van der Waals surface area (Å²) in [5, 5.41) is 13.1. The van der Waals surface area contributed by atoms with Crippen molar-refractivity contribution in [2.45, 2.75) is 42.4 Å². The highest BCUT2D eigenvalue weighted by Crippen LogP contribution is 2.23. The molecule has 1 aromatic rings. The molecule has 0 aromatic heterocycles. The van der Waals surface area contributed by atoms with E-state index in [0.29, 0.717) is 50.6 Å². The fraction of sp³-hybridized carbons (Fsp3) is 0.650. The van der Waals surface area contributed by atoms with E-state index >= 15 is 0 Å². The summed E-state index contributed by atoms with van der Waals surface area (Å²) in [6.45, 7) is 3.32. The number of aliphatic hydroxyl groups is 1. The molecular weight excluding hydrogens is 446 g/mol. The summed E-state index contributed by atoms with van der Waals surface area (Å²) in [6.07, 6.45) is 0.956. The van der Waals surface area contributed by atoms with E-state index in [2.05, 4.69) is 14.9 Å². The van der Waals surface area contributed by atoms with E-state index in [4.69, 9.17) is 21.1 Å². The Bertz CT molecular complexity index is 817. The highest BCUT2D eigenvalue weighted by Gasteiger charge is 2.33. The molecule has 2 fully saturated rings. The number of rotatable bonds is 9. The number of nitrogens with one attached hydrogen (secondary N) is 2. The summed E-state index contributed by atoms with van der Waals surface area (Å²) in [5.74, 6) is -0.0370. The third-order valence-corrected chi connectivity index (χ3v) is 7.24. The molecule has 0 bridgehead atoms. The van der Waals surface area contributed by atoms with Crippen molar-refractivity contribution in [2.24, 2.45) is 0 Å². The first-order valence-corrected chi connectivity index (χ1v) is 12.3. The molecule has 0 radical (unpaired) electrons. The molecule has 0 spiro atoms. The zero-order chi connectivity index (χ0) is 22.3. The number of sulfonamides is 1. The first kappa shape index (κ1) is 24.4. The minimum atomic E-state index is -3.75. The van der Waals surface area contributed by atoms with Crippen LogP contribution in [0.2, 0.25) is 5.02 Å². The molecule has 2 aliphatic heterocycles. The molecule has 174 valence electrons. The van der Waals surface area contributed by atoms with Gasteiger partial charge in [0.1, 0.15) is 0 Å². The van der Waals surface area contributed by atoms with Crippen LogP contribution in [0.25, 0.3) is 0 Å². The second-order valence-corrected chi connectivity index (χ2v) is 9.92. The monoisotopic (exact) mass is 475 g/mol. The number of halogens is 1. The maximum atomic E-state index is 12.6. The first-order chi connectivity index (χ1) is 14.9. The number of aliphatic hydroxyl groups excluding tert-OH is 1. The topological polar surface area (TPSA) is 117 Å². The van der Waals surface area contributed by atoms with Crippen molar-refractivity contribution in [2.75, 3.05) is 46.0 Å². The molecule has 1 aromatic carbocycles. The smallest absolute Gasteiger partial charge is 0.240 e. The maximum absolute atomic E-state index is 12.6. The van der Waals surface area contributed by atoms with Crippen LogP contribution >= 0.6 is 11.6 Å². The van der Waals surface area contributed by atoms with Gasteiger partial charge in [0, 0.05) is 24.7 Å². The molecule has 1 amide bonds. The Morgan fingerprint density at radius 2 is 1.90 bits per heavy atom. The Labute approximate surface area is 188 Å². The molecule has 3 N–H and O–H groups in total. The number of amides is 1. The number of hydrogen-bond donors (Lipinski definition) is 3. The van der Waals surface area contributed by atoms with Gasteiger partial charge < -0.3 is 19.9 Å². The summed E-state index contributed by atoms with van der Waals surface area (Å²) in [4.78, 5) is 14.2. The Hall–Kier alpha value is -1.27. The number of morpholine rings is 1. The minimum absolute atomic E-state index is 0.0370. The van der Waals surface area contributed by atoms with Crippen molar-refractivity contribution in [3.05, 3.63) is 29.3 Å². The van der Waals surface area contributed by atoms with Gasteiger partial charge >= 0.3 is 0 Å². The summed E-state index contributed by atoms with van der Waals surface area (Å²) in [6, 6.07) is 5.37. The third-order valence-electron chi connectivity index (χ3n) is 5.49. The number of hydrogen-bond acceptors (Lipinski definition) is 7. The van der Waals surface area contributed by atoms with Crippen LogP contribution in [0.5, 0.6) is 0 Å². The normalized spacial score (nSPS) is 25.3. The fourth-order valence-electron chi connectivity index (χ4n) is 3.75. The number of ether oxygens (including phenoxy) is 2. The number of carbonyl (C=O) groups is 1. The van der Waals surface area contributed by atoms with Crippen molar-refractivity contribution in [3.8, 4) is 0 Å². The molecule has 2 saturated heterocycles. The van der Waals surface area contributed by atoms with Crippen LogP contribution in [-0.4, -0.2) is 88.6 Å². The molecule has 3 atom stereocenters. The molecule has 2 aliphatic rings. The molecule has 2 heterocycles. The minimum Gasteiger partial charge on any atom is -0.394 e. The van der Waals surface area contributed by atoms with Crippen LogP contribution in [0, 0.1) is 0 Å². The zero-order valence-electron chi connectivity index (χ0n) is 17.3. The van der Waals surface area contributed by atoms with Gasteiger partial charge in [0.15, 0.2) is 0 Å². The van der Waals surface area contributed by atoms with Crippen molar-refractivity contribution < 1.29 is 27.8 Å². The van der Waals surface area contributed by atoms with E-state index in [0.717, 1.165) is 13.1 Å². The van der Waals surface area contributed by atoms with Crippen molar-refractivity contribution in [3.63, 3.8) is 0 Å². The van der Waals surface area contributed by atoms with Gasteiger partial charge in [0.2, 0.25) is 15.9 Å². The van der Waals surface area contributed by atoms with E-state index in [9.17, 15) is 18.3 Å². The second-order valence-electron chi connectivity index (χ2n) is 7.77. The average Bonchev–Trinajstić information content (AvgIpc) is 2.75. The average molecular weight is 476 g/mol. The zero-order valence-corrected chi connectivity index (χ0v) is 18.9. The van der Waals surface area contributed by atoms with Crippen LogP contribution in [-0.2, 0) is 24.3 Å². The Morgan fingerprint density at radius 3 is 2.58 bits per heavy atom. The summed E-state index contributed by atoms with van der Waals surface area (Å²) < 4.78 is 39.0. The van der Waals surface area contributed by atoms with E-state index in [-0.39, 0.29) is 23.5 Å². The van der Waals surface area contributed by atoms with E-state index in [1.165, 1.54) is 24.3 Å². The first-order valence-electron chi connectivity index (χ1n) is 10.5. The molecule has 3 rings (SSSR count). The lowest BCUT2D eigenvalue weighted by Crippen LogP contribution is -2.51. The van der Waals surface area contributed by atoms with E-state index in [1.807, 2.05) is 0 Å². The van der Waals surface area contributed by atoms with Gasteiger partial charge in [-0.15, -0.1) is 0 Å². The lowest BCUT2D eigenvalue weighted by Gasteiger charge is -2.36. The van der Waals surface area contributed by atoms with E-state index in [1.54, 1.807) is 0 Å². The third kappa shape index (κ3) is 7.38. The van der Waals surface area contributed by atoms with Crippen LogP contribution in [0.4, 0.5) is 0 Å². The molecule has 0 unspecified atom stereocenters. The second kappa shape index (κ2) is 11.6. The quantitative estimate of drug-likeness (QED) is 0.472. The van der Waals surface area contributed by atoms with Gasteiger partial charge in [-0.25, -0.2) is 13.1 Å². The molecule has 0 saturated carbocycles. The van der Waals surface area contributed by atoms with Crippen LogP contribution in [0.1, 0.15) is 19.3 Å². The molecule has 0 aliphatic carbocycles. The number of benzene rings is 1. The van der Waals surface area contributed by atoms with Gasteiger partial charge in [0.05, 0.1) is 49.5 Å². The SMILES string of the molecule is O=C(CN1CCOCC1)NCC[C@H]1CC[C@H](NS(=O)(=O)c2ccc(Cl)cc2)[C@@H](CO)O1. The van der Waals surface area contributed by atoms with Gasteiger partial charge in [-0.3, -0.25) is 9.69 Å². The summed E-state index contributed by atoms with van der Waals surface area (Å²) >= 11 is 5.82. The van der Waals surface area contributed by atoms with Crippen LogP contribution in [0.3, 0.4) is 0 Å². The summed E-state index contributed by atoms with van der Waals surface area (Å²) in [5.41, 5.74) is 0. The summed E-state index contributed by atoms with van der Waals surface area (Å²) in [7, 11) is -3.75. The Balaban J connectivity index is 1.43. The van der Waals surface area contributed by atoms with Gasteiger partial charge in [-0.05, 0) is 43.5 Å². The molecule has 11 heteroatoms. The Morgan fingerprint density at radius 1 is 1.19 bits per heavy atom. The van der Waals surface area contributed by atoms with Gasteiger partial charge in [0.25, 0.3) is 0 Å². The maximum Gasteiger partial charge on any atom is 0.240 e. The van der Waals surface area contributed by atoms with Gasteiger partial charge in [-0.1, -0.05) is 11.6 Å². The lowest BCUT2D eigenvalue weighted by molar-refractivity contribution is -0.123. The Kier molecular flexibility index (Phi) is 9.08. The standard InChI is InChI=1S/C20H30ClN3O6S/c21-15-1-4-17(5-2-15)31(27,28)23-18-6-3-16(30-19(18)14-25)7-8-22-20(26)13-24-9-11-29-12-10-24/h1-2,4-5,16,18-19,23,25H,3,6-14H2,(H,22,26)/t16-,18+,19-/m1/s1. The highest BCUT2D eigenvalue weighted by molar-refractivity contribution is 7.89. The number of carbonyl (C=O) groups excluding carboxylic acids is 1. The van der Waals surface area contributed by atoms with Gasteiger partial charge in [-0.2, -0.15) is 0 Å². The van der Waals surface area contributed by atoms with E-state index < -0.39 is 22.2 Å². The van der Waals surface area contributed by atoms with Crippen molar-refractivity contribution in [1.29, 1.82) is 0 Å². The number of nitrogens with zero attached hydrogens (tertiary/aromatic N) is 1. The van der Waals surface area contributed by atoms with Crippen molar-refractivity contribution in [1.82, 2.24) is 14.9 Å². The predicted molar refractivity (Wildman–Crippen MR) is 115 cm³/mol. The van der Waals surface area contributed by atoms with Crippen molar-refractivity contribution >= 4 is 27.5 Å². The van der Waals surface area contributed by atoms with Crippen LogP contribution < -0.4 is 10.0 Å². The fourth-order valence-corrected chi connectivity index (χ4v) is 5.18. The van der Waals surface area contributed by atoms with Crippen LogP contribution in [0.15, 0.2) is 29.2 Å².